The number of hydrogen-bond acceptors (Lipinski definition) is 5. The molecule has 164 valence electrons. The van der Waals surface area contributed by atoms with Crippen molar-refractivity contribution in [2.45, 2.75) is 26.3 Å². The average molecular weight is 428 g/mol. The van der Waals surface area contributed by atoms with Crippen LogP contribution in [0.1, 0.15) is 18.9 Å². The average Bonchev–Trinajstić information content (AvgIpc) is 2.80. The monoisotopic (exact) mass is 427 g/mol. The van der Waals surface area contributed by atoms with Crippen LogP contribution < -0.4 is 10.9 Å². The minimum absolute atomic E-state index is 0.00329. The zero-order valence-electron chi connectivity index (χ0n) is 18.9. The van der Waals surface area contributed by atoms with Gasteiger partial charge in [-0.3, -0.25) is 4.79 Å². The molecular weight excluding hydrogens is 398 g/mol. The van der Waals surface area contributed by atoms with Crippen LogP contribution in [0.2, 0.25) is 0 Å². The minimum atomic E-state index is 0.00329. The summed E-state index contributed by atoms with van der Waals surface area (Å²) in [7, 11) is 4.17. The summed E-state index contributed by atoms with van der Waals surface area (Å²) in [5, 5.41) is 4.20. The molecule has 4 aromatic rings. The van der Waals surface area contributed by atoms with E-state index in [9.17, 15) is 4.79 Å². The quantitative estimate of drug-likeness (QED) is 0.441. The SMILES string of the molecule is CCn1c(=O)c(-c2ccccc2)cc2cnc(Nc3ccc(CCCN(C)C)cn3)cc21. The number of rotatable bonds is 8. The lowest BCUT2D eigenvalue weighted by Gasteiger charge is -2.13. The van der Waals surface area contributed by atoms with Gasteiger partial charge in [0.1, 0.15) is 11.6 Å². The third kappa shape index (κ3) is 4.86. The van der Waals surface area contributed by atoms with E-state index in [2.05, 4.69) is 40.3 Å². The second-order valence-corrected chi connectivity index (χ2v) is 8.19. The van der Waals surface area contributed by atoms with Crippen LogP contribution in [0.25, 0.3) is 22.0 Å². The number of nitrogens with zero attached hydrogens (tertiary/aromatic N) is 4. The van der Waals surface area contributed by atoms with Crippen LogP contribution in [0.3, 0.4) is 0 Å². The van der Waals surface area contributed by atoms with Gasteiger partial charge >= 0.3 is 0 Å². The van der Waals surface area contributed by atoms with Crippen LogP contribution >= 0.6 is 0 Å². The van der Waals surface area contributed by atoms with E-state index in [1.54, 1.807) is 4.57 Å². The number of benzene rings is 1. The van der Waals surface area contributed by atoms with Crippen molar-refractivity contribution in [2.24, 2.45) is 0 Å². The largest absolute Gasteiger partial charge is 0.325 e. The first-order valence-corrected chi connectivity index (χ1v) is 11.0. The van der Waals surface area contributed by atoms with Crippen LogP contribution in [0.5, 0.6) is 0 Å². The van der Waals surface area contributed by atoms with Gasteiger partial charge in [0.2, 0.25) is 0 Å². The first kappa shape index (κ1) is 21.7. The summed E-state index contributed by atoms with van der Waals surface area (Å²) in [6, 6.07) is 17.7. The molecule has 0 unspecified atom stereocenters. The summed E-state index contributed by atoms with van der Waals surface area (Å²) < 4.78 is 1.80. The topological polar surface area (TPSA) is 63.1 Å². The summed E-state index contributed by atoms with van der Waals surface area (Å²) in [6.07, 6.45) is 5.83. The van der Waals surface area contributed by atoms with E-state index < -0.39 is 0 Å². The molecule has 0 amide bonds. The Balaban J connectivity index is 1.59. The summed E-state index contributed by atoms with van der Waals surface area (Å²) in [4.78, 5) is 24.4. The van der Waals surface area contributed by atoms with Gasteiger partial charge in [0.15, 0.2) is 0 Å². The molecule has 1 aromatic carbocycles. The molecule has 0 aliphatic rings. The lowest BCUT2D eigenvalue weighted by atomic mass is 10.1. The Hall–Kier alpha value is -3.51. The molecule has 0 bridgehead atoms. The Kier molecular flexibility index (Phi) is 6.61. The van der Waals surface area contributed by atoms with Crippen LogP contribution in [0, 0.1) is 0 Å². The summed E-state index contributed by atoms with van der Waals surface area (Å²) in [5.41, 5.74) is 3.68. The molecule has 0 fully saturated rings. The predicted molar refractivity (Wildman–Crippen MR) is 132 cm³/mol. The van der Waals surface area contributed by atoms with Crippen molar-refractivity contribution >= 4 is 22.5 Å². The van der Waals surface area contributed by atoms with E-state index in [0.29, 0.717) is 17.9 Å². The second kappa shape index (κ2) is 9.75. The molecule has 0 spiro atoms. The van der Waals surface area contributed by atoms with Crippen LogP contribution in [-0.4, -0.2) is 40.1 Å². The Labute approximate surface area is 188 Å². The molecular formula is C26H29N5O. The van der Waals surface area contributed by atoms with Crippen LogP contribution in [0.4, 0.5) is 11.6 Å². The van der Waals surface area contributed by atoms with E-state index in [-0.39, 0.29) is 5.56 Å². The van der Waals surface area contributed by atoms with Crippen molar-refractivity contribution in [2.75, 3.05) is 26.0 Å². The molecule has 0 aliphatic carbocycles. The fraction of sp³-hybridized carbons (Fsp3) is 0.269. The van der Waals surface area contributed by atoms with Gasteiger partial charge in [0.05, 0.1) is 5.52 Å². The fourth-order valence-corrected chi connectivity index (χ4v) is 3.86. The van der Waals surface area contributed by atoms with Crippen molar-refractivity contribution in [1.29, 1.82) is 0 Å². The molecule has 4 rings (SSSR count). The first-order chi connectivity index (χ1) is 15.5. The molecule has 0 saturated heterocycles. The number of aryl methyl sites for hydroxylation is 2. The number of nitrogens with one attached hydrogen (secondary N) is 1. The lowest BCUT2D eigenvalue weighted by molar-refractivity contribution is 0.400. The van der Waals surface area contributed by atoms with Gasteiger partial charge in [-0.05, 0) is 63.7 Å². The number of fused-ring (bicyclic) bond motifs is 1. The summed E-state index contributed by atoms with van der Waals surface area (Å²) >= 11 is 0. The molecule has 0 atom stereocenters. The minimum Gasteiger partial charge on any atom is -0.325 e. The maximum absolute atomic E-state index is 13.2. The van der Waals surface area contributed by atoms with Gasteiger partial charge in [-0.15, -0.1) is 0 Å². The number of aromatic nitrogens is 3. The Morgan fingerprint density at radius 3 is 2.44 bits per heavy atom. The Morgan fingerprint density at radius 1 is 0.969 bits per heavy atom. The number of hydrogen-bond donors (Lipinski definition) is 1. The van der Waals surface area contributed by atoms with Gasteiger partial charge in [-0.25, -0.2) is 9.97 Å². The highest BCUT2D eigenvalue weighted by atomic mass is 16.1. The summed E-state index contributed by atoms with van der Waals surface area (Å²) in [6.45, 7) is 3.63. The molecule has 3 heterocycles. The van der Waals surface area contributed by atoms with Crippen molar-refractivity contribution in [3.05, 3.63) is 82.9 Å². The highest BCUT2D eigenvalue weighted by Gasteiger charge is 2.11. The van der Waals surface area contributed by atoms with Gasteiger partial charge in [-0.2, -0.15) is 0 Å². The zero-order valence-corrected chi connectivity index (χ0v) is 18.9. The van der Waals surface area contributed by atoms with Crippen molar-refractivity contribution in [1.82, 2.24) is 19.4 Å². The van der Waals surface area contributed by atoms with E-state index in [0.717, 1.165) is 41.7 Å². The highest BCUT2D eigenvalue weighted by molar-refractivity contribution is 5.85. The van der Waals surface area contributed by atoms with Crippen molar-refractivity contribution < 1.29 is 0 Å². The number of anilines is 2. The number of pyridine rings is 3. The Morgan fingerprint density at radius 2 is 1.75 bits per heavy atom. The van der Waals surface area contributed by atoms with Crippen molar-refractivity contribution in [3.8, 4) is 11.1 Å². The smallest absolute Gasteiger partial charge is 0.258 e. The van der Waals surface area contributed by atoms with E-state index >= 15 is 0 Å². The maximum atomic E-state index is 13.2. The molecule has 0 radical (unpaired) electrons. The van der Waals surface area contributed by atoms with Gasteiger partial charge in [0.25, 0.3) is 5.56 Å². The summed E-state index contributed by atoms with van der Waals surface area (Å²) in [5.74, 6) is 1.40. The van der Waals surface area contributed by atoms with E-state index in [1.165, 1.54) is 5.56 Å². The second-order valence-electron chi connectivity index (χ2n) is 8.19. The molecule has 32 heavy (non-hydrogen) atoms. The van der Waals surface area contributed by atoms with Gasteiger partial charge < -0.3 is 14.8 Å². The standard InChI is InChI=1S/C26H29N5O/c1-4-31-23-16-25(29-24-13-12-19(17-27-24)9-8-14-30(2)3)28-18-21(23)15-22(26(31)32)20-10-6-5-7-11-20/h5-7,10-13,15-18H,4,8-9,14H2,1-3H3,(H,27,28,29). The van der Waals surface area contributed by atoms with Gasteiger partial charge in [-0.1, -0.05) is 36.4 Å². The molecule has 0 saturated carbocycles. The maximum Gasteiger partial charge on any atom is 0.258 e. The lowest BCUT2D eigenvalue weighted by Crippen LogP contribution is -2.21. The van der Waals surface area contributed by atoms with Crippen LogP contribution in [-0.2, 0) is 13.0 Å². The highest BCUT2D eigenvalue weighted by Crippen LogP contribution is 2.23. The molecule has 3 aromatic heterocycles. The van der Waals surface area contributed by atoms with Crippen LogP contribution in [0.15, 0.2) is 71.8 Å². The Bertz CT molecular complexity index is 1250. The molecule has 6 heteroatoms. The fourth-order valence-electron chi connectivity index (χ4n) is 3.86. The van der Waals surface area contributed by atoms with Gasteiger partial charge in [0, 0.05) is 36.0 Å². The molecule has 0 aliphatic heterocycles. The third-order valence-electron chi connectivity index (χ3n) is 5.53. The van der Waals surface area contributed by atoms with Crippen molar-refractivity contribution in [3.63, 3.8) is 0 Å². The third-order valence-corrected chi connectivity index (χ3v) is 5.53. The first-order valence-electron chi connectivity index (χ1n) is 11.0. The van der Waals surface area contributed by atoms with E-state index in [1.807, 2.05) is 67.8 Å². The normalized spacial score (nSPS) is 11.2. The predicted octanol–water partition coefficient (Wildman–Crippen LogP) is 4.72. The molecule has 1 N–H and O–H groups in total. The molecule has 6 nitrogen and oxygen atoms in total. The van der Waals surface area contributed by atoms with E-state index in [4.69, 9.17) is 0 Å². The zero-order chi connectivity index (χ0) is 22.5.